The molecular formula is C14H20ClNO2. The van der Waals surface area contributed by atoms with Crippen LogP contribution >= 0.6 is 11.6 Å². The highest BCUT2D eigenvalue weighted by atomic mass is 35.5. The van der Waals surface area contributed by atoms with Crippen LogP contribution in [-0.2, 0) is 11.3 Å². The van der Waals surface area contributed by atoms with E-state index in [0.717, 1.165) is 11.1 Å². The zero-order valence-corrected chi connectivity index (χ0v) is 12.3. The Labute approximate surface area is 114 Å². The van der Waals surface area contributed by atoms with Crippen molar-refractivity contribution in [2.45, 2.75) is 39.8 Å². The van der Waals surface area contributed by atoms with Gasteiger partial charge in [-0.25, -0.2) is 4.79 Å². The van der Waals surface area contributed by atoms with Crippen LogP contribution in [0.1, 0.15) is 31.9 Å². The second kappa shape index (κ2) is 5.61. The Morgan fingerprint density at radius 1 is 1.39 bits per heavy atom. The first-order chi connectivity index (χ1) is 8.19. The number of amides is 1. The standard InChI is InChI=1S/C14H20ClNO2/c1-10-6-7-12(15)8-11(10)9-16(5)13(17)18-14(2,3)4/h6-8H,9H2,1-5H3. The van der Waals surface area contributed by atoms with Gasteiger partial charge < -0.3 is 9.64 Å². The number of hydrogen-bond donors (Lipinski definition) is 0. The summed E-state index contributed by atoms with van der Waals surface area (Å²) in [5, 5.41) is 0.674. The summed E-state index contributed by atoms with van der Waals surface area (Å²) in [6, 6.07) is 5.66. The lowest BCUT2D eigenvalue weighted by Gasteiger charge is -2.25. The number of aryl methyl sites for hydroxylation is 1. The number of benzene rings is 1. The highest BCUT2D eigenvalue weighted by Gasteiger charge is 2.19. The molecular weight excluding hydrogens is 250 g/mol. The number of hydrogen-bond acceptors (Lipinski definition) is 2. The van der Waals surface area contributed by atoms with Gasteiger partial charge in [0.1, 0.15) is 5.60 Å². The molecule has 1 aromatic rings. The lowest BCUT2D eigenvalue weighted by molar-refractivity contribution is 0.0285. The summed E-state index contributed by atoms with van der Waals surface area (Å²) in [6.07, 6.45) is -0.332. The summed E-state index contributed by atoms with van der Waals surface area (Å²) in [4.78, 5) is 13.4. The van der Waals surface area contributed by atoms with Crippen LogP contribution in [0.4, 0.5) is 4.79 Å². The quantitative estimate of drug-likeness (QED) is 0.812. The summed E-state index contributed by atoms with van der Waals surface area (Å²) in [6.45, 7) is 8.03. The molecule has 3 nitrogen and oxygen atoms in total. The van der Waals surface area contributed by atoms with Gasteiger partial charge in [0.15, 0.2) is 0 Å². The second-order valence-corrected chi connectivity index (χ2v) is 5.84. The minimum absolute atomic E-state index is 0.332. The van der Waals surface area contributed by atoms with Gasteiger partial charge >= 0.3 is 6.09 Å². The van der Waals surface area contributed by atoms with Gasteiger partial charge in [0.05, 0.1) is 0 Å². The fourth-order valence-corrected chi connectivity index (χ4v) is 1.67. The summed E-state index contributed by atoms with van der Waals surface area (Å²) in [5.74, 6) is 0. The summed E-state index contributed by atoms with van der Waals surface area (Å²) in [7, 11) is 1.72. The van der Waals surface area contributed by atoms with E-state index in [-0.39, 0.29) is 6.09 Å². The van der Waals surface area contributed by atoms with Crippen molar-refractivity contribution in [1.82, 2.24) is 4.90 Å². The van der Waals surface area contributed by atoms with Crippen molar-refractivity contribution < 1.29 is 9.53 Å². The molecule has 0 aliphatic carbocycles. The van der Waals surface area contributed by atoms with Crippen molar-refractivity contribution in [3.8, 4) is 0 Å². The number of halogens is 1. The number of nitrogens with zero attached hydrogens (tertiary/aromatic N) is 1. The third kappa shape index (κ3) is 4.57. The first-order valence-corrected chi connectivity index (χ1v) is 6.26. The number of ether oxygens (including phenoxy) is 1. The lowest BCUT2D eigenvalue weighted by atomic mass is 10.1. The van der Waals surface area contributed by atoms with Gasteiger partial charge in [0, 0.05) is 18.6 Å². The van der Waals surface area contributed by atoms with Crippen LogP contribution in [0.2, 0.25) is 5.02 Å². The van der Waals surface area contributed by atoms with Crippen LogP contribution in [0.15, 0.2) is 18.2 Å². The fourth-order valence-electron chi connectivity index (χ4n) is 1.47. The minimum atomic E-state index is -0.477. The maximum atomic E-state index is 11.8. The molecule has 0 radical (unpaired) electrons. The summed E-state index contributed by atoms with van der Waals surface area (Å²) >= 11 is 5.95. The first kappa shape index (κ1) is 14.8. The van der Waals surface area contributed by atoms with E-state index in [2.05, 4.69) is 0 Å². The Morgan fingerprint density at radius 3 is 2.56 bits per heavy atom. The van der Waals surface area contributed by atoms with Crippen LogP contribution < -0.4 is 0 Å². The topological polar surface area (TPSA) is 29.5 Å². The van der Waals surface area contributed by atoms with E-state index >= 15 is 0 Å². The molecule has 0 saturated heterocycles. The smallest absolute Gasteiger partial charge is 0.410 e. The van der Waals surface area contributed by atoms with Gasteiger partial charge in [0.25, 0.3) is 0 Å². The molecule has 1 rings (SSSR count). The van der Waals surface area contributed by atoms with Crippen molar-refractivity contribution in [3.63, 3.8) is 0 Å². The average Bonchev–Trinajstić information content (AvgIpc) is 2.21. The van der Waals surface area contributed by atoms with E-state index in [1.807, 2.05) is 45.9 Å². The SMILES string of the molecule is Cc1ccc(Cl)cc1CN(C)C(=O)OC(C)(C)C. The number of carbonyl (C=O) groups excluding carboxylic acids is 1. The van der Waals surface area contributed by atoms with Crippen molar-refractivity contribution in [3.05, 3.63) is 34.3 Å². The van der Waals surface area contributed by atoms with Crippen molar-refractivity contribution in [2.75, 3.05) is 7.05 Å². The molecule has 0 unspecified atom stereocenters. The molecule has 0 aliphatic heterocycles. The Morgan fingerprint density at radius 2 is 2.00 bits per heavy atom. The molecule has 0 aromatic heterocycles. The average molecular weight is 270 g/mol. The predicted octanol–water partition coefficient (Wildman–Crippen LogP) is 4.02. The second-order valence-electron chi connectivity index (χ2n) is 5.41. The molecule has 18 heavy (non-hydrogen) atoms. The van der Waals surface area contributed by atoms with Gasteiger partial charge in [-0.2, -0.15) is 0 Å². The number of rotatable bonds is 2. The summed E-state index contributed by atoms with van der Waals surface area (Å²) < 4.78 is 5.30. The molecule has 0 bridgehead atoms. The lowest BCUT2D eigenvalue weighted by Crippen LogP contribution is -2.33. The molecule has 0 spiro atoms. The molecule has 1 amide bonds. The highest BCUT2D eigenvalue weighted by molar-refractivity contribution is 6.30. The number of carbonyl (C=O) groups is 1. The Kier molecular flexibility index (Phi) is 4.63. The minimum Gasteiger partial charge on any atom is -0.444 e. The highest BCUT2D eigenvalue weighted by Crippen LogP contribution is 2.18. The van der Waals surface area contributed by atoms with Crippen LogP contribution in [0.5, 0.6) is 0 Å². The molecule has 0 fully saturated rings. The molecule has 0 saturated carbocycles. The molecule has 0 heterocycles. The van der Waals surface area contributed by atoms with Crippen LogP contribution in [0, 0.1) is 6.92 Å². The van der Waals surface area contributed by atoms with E-state index in [1.165, 1.54) is 0 Å². The molecule has 1 aromatic carbocycles. The van der Waals surface area contributed by atoms with Gasteiger partial charge in [-0.3, -0.25) is 0 Å². The Balaban J connectivity index is 2.72. The van der Waals surface area contributed by atoms with Gasteiger partial charge in [-0.15, -0.1) is 0 Å². The van der Waals surface area contributed by atoms with Gasteiger partial charge in [-0.05, 0) is 51.0 Å². The Hall–Kier alpha value is -1.22. The zero-order valence-electron chi connectivity index (χ0n) is 11.6. The monoisotopic (exact) mass is 269 g/mol. The van der Waals surface area contributed by atoms with Crippen molar-refractivity contribution >= 4 is 17.7 Å². The maximum absolute atomic E-state index is 11.8. The van der Waals surface area contributed by atoms with Gasteiger partial charge in [0.2, 0.25) is 0 Å². The first-order valence-electron chi connectivity index (χ1n) is 5.88. The normalized spacial score (nSPS) is 11.2. The van der Waals surface area contributed by atoms with Crippen LogP contribution in [0.25, 0.3) is 0 Å². The fraction of sp³-hybridized carbons (Fsp3) is 0.500. The molecule has 0 N–H and O–H groups in total. The van der Waals surface area contributed by atoms with Crippen molar-refractivity contribution in [1.29, 1.82) is 0 Å². The third-order valence-corrected chi connectivity index (χ3v) is 2.66. The van der Waals surface area contributed by atoms with Gasteiger partial charge in [-0.1, -0.05) is 17.7 Å². The van der Waals surface area contributed by atoms with Crippen LogP contribution in [-0.4, -0.2) is 23.6 Å². The largest absolute Gasteiger partial charge is 0.444 e. The third-order valence-electron chi connectivity index (χ3n) is 2.42. The van der Waals surface area contributed by atoms with E-state index in [4.69, 9.17) is 16.3 Å². The zero-order chi connectivity index (χ0) is 13.9. The van der Waals surface area contributed by atoms with E-state index in [0.29, 0.717) is 11.6 Å². The van der Waals surface area contributed by atoms with Crippen LogP contribution in [0.3, 0.4) is 0 Å². The van der Waals surface area contributed by atoms with E-state index in [9.17, 15) is 4.79 Å². The molecule has 0 atom stereocenters. The van der Waals surface area contributed by atoms with E-state index in [1.54, 1.807) is 11.9 Å². The molecule has 100 valence electrons. The molecule has 0 aliphatic rings. The van der Waals surface area contributed by atoms with Crippen molar-refractivity contribution in [2.24, 2.45) is 0 Å². The molecule has 4 heteroatoms. The van der Waals surface area contributed by atoms with E-state index < -0.39 is 5.60 Å². The predicted molar refractivity (Wildman–Crippen MR) is 73.9 cm³/mol. The maximum Gasteiger partial charge on any atom is 0.410 e. The Bertz CT molecular complexity index is 438. The summed E-state index contributed by atoms with van der Waals surface area (Å²) in [5.41, 5.74) is 1.65.